The molecule has 20 heavy (non-hydrogen) atoms. The third-order valence-corrected chi connectivity index (χ3v) is 3.97. The first-order valence-electron chi connectivity index (χ1n) is 6.56. The van der Waals surface area contributed by atoms with Crippen LogP contribution in [-0.2, 0) is 13.1 Å². The molecule has 4 nitrogen and oxygen atoms in total. The van der Waals surface area contributed by atoms with Crippen molar-refractivity contribution in [2.24, 2.45) is 0 Å². The zero-order chi connectivity index (χ0) is 13.8. The van der Waals surface area contributed by atoms with Gasteiger partial charge in [0.2, 0.25) is 5.75 Å². The van der Waals surface area contributed by atoms with Gasteiger partial charge in [0, 0.05) is 18.0 Å². The van der Waals surface area contributed by atoms with Crippen LogP contribution < -0.4 is 19.5 Å². The van der Waals surface area contributed by atoms with Crippen LogP contribution in [0.4, 0.5) is 0 Å². The minimum atomic E-state index is 0.569. The summed E-state index contributed by atoms with van der Waals surface area (Å²) in [5.74, 6) is 2.21. The number of hydrogen-bond donors (Lipinski definition) is 1. The highest BCUT2D eigenvalue weighted by Crippen LogP contribution is 2.40. The highest BCUT2D eigenvalue weighted by Gasteiger charge is 2.18. The van der Waals surface area contributed by atoms with Crippen molar-refractivity contribution in [1.29, 1.82) is 0 Å². The molecule has 2 aromatic rings. The fraction of sp³-hybridized carbons (Fsp3) is 0.333. The van der Waals surface area contributed by atoms with Gasteiger partial charge in [0.05, 0.1) is 7.11 Å². The summed E-state index contributed by atoms with van der Waals surface area (Å²) < 4.78 is 16.6. The SMILES string of the molecule is COc1cc(CNCc2cccs2)cc2c1OCCO2. The molecule has 1 aliphatic rings. The molecule has 5 heteroatoms. The Morgan fingerprint density at radius 2 is 2.15 bits per heavy atom. The number of benzene rings is 1. The van der Waals surface area contributed by atoms with Crippen molar-refractivity contribution >= 4 is 11.3 Å². The number of methoxy groups -OCH3 is 1. The number of fused-ring (bicyclic) bond motifs is 1. The molecule has 106 valence electrons. The summed E-state index contributed by atoms with van der Waals surface area (Å²) in [6.45, 7) is 2.79. The Kier molecular flexibility index (Phi) is 4.08. The molecule has 0 bridgehead atoms. The lowest BCUT2D eigenvalue weighted by molar-refractivity contribution is 0.165. The van der Waals surface area contributed by atoms with Gasteiger partial charge in [-0.15, -0.1) is 11.3 Å². The molecular formula is C15H17NO3S. The van der Waals surface area contributed by atoms with E-state index in [1.54, 1.807) is 18.4 Å². The molecule has 0 saturated heterocycles. The van der Waals surface area contributed by atoms with Crippen molar-refractivity contribution in [1.82, 2.24) is 5.32 Å². The van der Waals surface area contributed by atoms with E-state index in [0.29, 0.717) is 19.0 Å². The van der Waals surface area contributed by atoms with E-state index >= 15 is 0 Å². The molecule has 0 atom stereocenters. The van der Waals surface area contributed by atoms with E-state index in [1.165, 1.54) is 4.88 Å². The third kappa shape index (κ3) is 2.89. The highest BCUT2D eigenvalue weighted by atomic mass is 32.1. The van der Waals surface area contributed by atoms with E-state index in [-0.39, 0.29) is 0 Å². The second-order valence-corrected chi connectivity index (χ2v) is 5.54. The molecule has 1 aromatic heterocycles. The normalized spacial score (nSPS) is 13.2. The fourth-order valence-corrected chi connectivity index (χ4v) is 2.85. The van der Waals surface area contributed by atoms with Crippen LogP contribution in [0.2, 0.25) is 0 Å². The molecule has 0 saturated carbocycles. The lowest BCUT2D eigenvalue weighted by Crippen LogP contribution is -2.17. The summed E-state index contributed by atoms with van der Waals surface area (Å²) in [5, 5.41) is 5.51. The molecule has 0 radical (unpaired) electrons. The van der Waals surface area contributed by atoms with Crippen LogP contribution in [0.15, 0.2) is 29.6 Å². The second kappa shape index (κ2) is 6.15. The summed E-state index contributed by atoms with van der Waals surface area (Å²) in [6, 6.07) is 8.20. The predicted octanol–water partition coefficient (Wildman–Crippen LogP) is 2.82. The van der Waals surface area contributed by atoms with Gasteiger partial charge in [-0.3, -0.25) is 0 Å². The van der Waals surface area contributed by atoms with Crippen LogP contribution in [0, 0.1) is 0 Å². The Morgan fingerprint density at radius 1 is 1.25 bits per heavy atom. The number of ether oxygens (including phenoxy) is 3. The molecule has 2 heterocycles. The van der Waals surface area contributed by atoms with Gasteiger partial charge < -0.3 is 19.5 Å². The molecule has 1 N–H and O–H groups in total. The predicted molar refractivity (Wildman–Crippen MR) is 78.8 cm³/mol. The average Bonchev–Trinajstić information content (AvgIpc) is 2.99. The van der Waals surface area contributed by atoms with Crippen molar-refractivity contribution < 1.29 is 14.2 Å². The Balaban J connectivity index is 1.69. The molecule has 0 amide bonds. The van der Waals surface area contributed by atoms with Gasteiger partial charge in [0.25, 0.3) is 0 Å². The summed E-state index contributed by atoms with van der Waals surface area (Å²) in [4.78, 5) is 1.33. The topological polar surface area (TPSA) is 39.7 Å². The van der Waals surface area contributed by atoms with E-state index in [9.17, 15) is 0 Å². The first-order chi connectivity index (χ1) is 9.86. The Labute approximate surface area is 122 Å². The van der Waals surface area contributed by atoms with E-state index < -0.39 is 0 Å². The molecule has 1 aromatic carbocycles. The molecule has 0 unspecified atom stereocenters. The lowest BCUT2D eigenvalue weighted by Gasteiger charge is -2.21. The van der Waals surface area contributed by atoms with Crippen molar-refractivity contribution in [3.8, 4) is 17.2 Å². The average molecular weight is 291 g/mol. The molecule has 0 spiro atoms. The third-order valence-electron chi connectivity index (χ3n) is 3.10. The molecule has 3 rings (SSSR count). The number of hydrogen-bond acceptors (Lipinski definition) is 5. The van der Waals surface area contributed by atoms with Crippen LogP contribution in [0.25, 0.3) is 0 Å². The summed E-state index contributed by atoms with van der Waals surface area (Å²) in [7, 11) is 1.65. The zero-order valence-electron chi connectivity index (χ0n) is 11.3. The summed E-state index contributed by atoms with van der Waals surface area (Å²) >= 11 is 1.76. The van der Waals surface area contributed by atoms with Crippen LogP contribution in [0.5, 0.6) is 17.2 Å². The largest absolute Gasteiger partial charge is 0.493 e. The van der Waals surface area contributed by atoms with Crippen LogP contribution in [0.3, 0.4) is 0 Å². The van der Waals surface area contributed by atoms with Crippen LogP contribution >= 0.6 is 11.3 Å². The zero-order valence-corrected chi connectivity index (χ0v) is 12.2. The van der Waals surface area contributed by atoms with Gasteiger partial charge in [-0.2, -0.15) is 0 Å². The maximum absolute atomic E-state index is 5.63. The Morgan fingerprint density at radius 3 is 2.95 bits per heavy atom. The minimum absolute atomic E-state index is 0.569. The number of thiophene rings is 1. The fourth-order valence-electron chi connectivity index (χ4n) is 2.17. The van der Waals surface area contributed by atoms with Crippen molar-refractivity contribution in [3.05, 3.63) is 40.1 Å². The maximum atomic E-state index is 5.63. The minimum Gasteiger partial charge on any atom is -0.493 e. The van der Waals surface area contributed by atoms with E-state index in [1.807, 2.05) is 12.1 Å². The highest BCUT2D eigenvalue weighted by molar-refractivity contribution is 7.09. The van der Waals surface area contributed by atoms with Gasteiger partial charge in [0.1, 0.15) is 13.2 Å². The summed E-state index contributed by atoms with van der Waals surface area (Å²) in [5.41, 5.74) is 1.13. The molecule has 1 aliphatic heterocycles. The van der Waals surface area contributed by atoms with E-state index in [0.717, 1.165) is 30.2 Å². The van der Waals surface area contributed by atoms with E-state index in [4.69, 9.17) is 14.2 Å². The smallest absolute Gasteiger partial charge is 0.203 e. The van der Waals surface area contributed by atoms with Crippen LogP contribution in [0.1, 0.15) is 10.4 Å². The summed E-state index contributed by atoms with van der Waals surface area (Å²) in [6.07, 6.45) is 0. The van der Waals surface area contributed by atoms with Crippen molar-refractivity contribution in [2.45, 2.75) is 13.1 Å². The van der Waals surface area contributed by atoms with Crippen LogP contribution in [-0.4, -0.2) is 20.3 Å². The van der Waals surface area contributed by atoms with Gasteiger partial charge in [-0.05, 0) is 29.1 Å². The van der Waals surface area contributed by atoms with Gasteiger partial charge in [-0.1, -0.05) is 6.07 Å². The van der Waals surface area contributed by atoms with Crippen molar-refractivity contribution in [2.75, 3.05) is 20.3 Å². The van der Waals surface area contributed by atoms with Gasteiger partial charge >= 0.3 is 0 Å². The number of nitrogens with one attached hydrogen (secondary N) is 1. The quantitative estimate of drug-likeness (QED) is 0.919. The Bertz CT molecular complexity index is 551. The first kappa shape index (κ1) is 13.3. The van der Waals surface area contributed by atoms with Gasteiger partial charge in [-0.25, -0.2) is 0 Å². The molecule has 0 fully saturated rings. The number of rotatable bonds is 5. The lowest BCUT2D eigenvalue weighted by atomic mass is 10.1. The monoisotopic (exact) mass is 291 g/mol. The first-order valence-corrected chi connectivity index (χ1v) is 7.44. The van der Waals surface area contributed by atoms with Gasteiger partial charge in [0.15, 0.2) is 11.5 Å². The maximum Gasteiger partial charge on any atom is 0.203 e. The standard InChI is InChI=1S/C15H17NO3S/c1-17-13-7-11(8-14-15(13)19-5-4-18-14)9-16-10-12-3-2-6-20-12/h2-3,6-8,16H,4-5,9-10H2,1H3. The van der Waals surface area contributed by atoms with Crippen molar-refractivity contribution in [3.63, 3.8) is 0 Å². The molecule has 0 aliphatic carbocycles. The second-order valence-electron chi connectivity index (χ2n) is 4.51. The van der Waals surface area contributed by atoms with E-state index in [2.05, 4.69) is 22.8 Å². The molecular weight excluding hydrogens is 274 g/mol. The Hall–Kier alpha value is -1.72.